The van der Waals surface area contributed by atoms with E-state index in [9.17, 15) is 0 Å². The highest BCUT2D eigenvalue weighted by Gasteiger charge is 2.17. The molecule has 0 aliphatic heterocycles. The zero-order valence-corrected chi connectivity index (χ0v) is 7.83. The Hall–Kier alpha value is -0.440. The highest BCUT2D eigenvalue weighted by atomic mass is 35.5. The van der Waals surface area contributed by atoms with Crippen LogP contribution in [-0.2, 0) is 0 Å². The van der Waals surface area contributed by atoms with E-state index in [1.165, 1.54) is 0 Å². The van der Waals surface area contributed by atoms with Gasteiger partial charge in [-0.2, -0.15) is 0 Å². The summed E-state index contributed by atoms with van der Waals surface area (Å²) < 4.78 is 0. The van der Waals surface area contributed by atoms with Crippen LogP contribution in [0.2, 0.25) is 0 Å². The summed E-state index contributed by atoms with van der Waals surface area (Å²) in [5.74, 6) is 0.589. The summed E-state index contributed by atoms with van der Waals surface area (Å²) in [6.07, 6.45) is 4.43. The van der Waals surface area contributed by atoms with Gasteiger partial charge >= 0.3 is 0 Å². The number of nitrogens with two attached hydrogens (primary N) is 1. The predicted molar refractivity (Wildman–Crippen MR) is 51.2 cm³/mol. The lowest BCUT2D eigenvalue weighted by atomic mass is 9.87. The molecule has 0 atom stereocenters. The van der Waals surface area contributed by atoms with Crippen LogP contribution >= 0.6 is 12.4 Å². The molecule has 5 heteroatoms. The maximum atomic E-state index is 8.08. The fourth-order valence-electron chi connectivity index (χ4n) is 1.52. The van der Waals surface area contributed by atoms with Gasteiger partial charge < -0.3 is 5.73 Å². The van der Waals surface area contributed by atoms with E-state index in [2.05, 4.69) is 10.0 Å². The smallest absolute Gasteiger partial charge is 0.0286 e. The molecule has 1 fully saturated rings. The van der Waals surface area contributed by atoms with E-state index in [1.807, 2.05) is 0 Å². The lowest BCUT2D eigenvalue weighted by Gasteiger charge is -2.24. The lowest BCUT2D eigenvalue weighted by Crippen LogP contribution is -2.27. The summed E-state index contributed by atoms with van der Waals surface area (Å²) in [5.41, 5.74) is 13.8. The molecule has 0 amide bonds. The fourth-order valence-corrected chi connectivity index (χ4v) is 1.52. The standard InChI is InChI=1S/C7H14N4.ClH/c8-7-3-1-6(2-4-7)5-10-11-9;/h6-7H,1-5,8H2;1H/t6-,7-;. The van der Waals surface area contributed by atoms with Crippen LogP contribution in [0.4, 0.5) is 0 Å². The zero-order valence-electron chi connectivity index (χ0n) is 7.02. The Kier molecular flexibility index (Phi) is 5.89. The molecule has 0 saturated heterocycles. The SMILES string of the molecule is Cl.[N-]=[N+]=NC[C@H]1CC[C@H](N)CC1. The third-order valence-electron chi connectivity index (χ3n) is 2.29. The summed E-state index contributed by atoms with van der Waals surface area (Å²) in [6.45, 7) is 0.656. The molecule has 0 bridgehead atoms. The number of azide groups is 1. The Morgan fingerprint density at radius 3 is 2.42 bits per heavy atom. The van der Waals surface area contributed by atoms with Crippen LogP contribution in [0.5, 0.6) is 0 Å². The second kappa shape index (κ2) is 6.12. The van der Waals surface area contributed by atoms with Gasteiger partial charge in [0.05, 0.1) is 0 Å². The summed E-state index contributed by atoms with van der Waals surface area (Å²) in [5, 5.41) is 3.56. The van der Waals surface area contributed by atoms with Crippen molar-refractivity contribution in [2.75, 3.05) is 6.54 Å². The van der Waals surface area contributed by atoms with Crippen molar-refractivity contribution in [2.24, 2.45) is 16.8 Å². The van der Waals surface area contributed by atoms with Gasteiger partial charge in [0, 0.05) is 17.5 Å². The molecule has 1 aliphatic carbocycles. The normalized spacial score (nSPS) is 28.4. The summed E-state index contributed by atoms with van der Waals surface area (Å²) in [4.78, 5) is 2.74. The number of hydrogen-bond acceptors (Lipinski definition) is 2. The third kappa shape index (κ3) is 3.81. The predicted octanol–water partition coefficient (Wildman–Crippen LogP) is 2.24. The lowest BCUT2D eigenvalue weighted by molar-refractivity contribution is 0.333. The first kappa shape index (κ1) is 11.6. The molecular weight excluding hydrogens is 176 g/mol. The third-order valence-corrected chi connectivity index (χ3v) is 2.29. The van der Waals surface area contributed by atoms with E-state index >= 15 is 0 Å². The van der Waals surface area contributed by atoms with Crippen molar-refractivity contribution >= 4 is 12.4 Å². The van der Waals surface area contributed by atoms with E-state index in [0.717, 1.165) is 25.7 Å². The van der Waals surface area contributed by atoms with Gasteiger partial charge in [-0.25, -0.2) is 0 Å². The van der Waals surface area contributed by atoms with Crippen molar-refractivity contribution in [1.82, 2.24) is 0 Å². The molecule has 0 heterocycles. The van der Waals surface area contributed by atoms with Gasteiger partial charge in [0.1, 0.15) is 0 Å². The van der Waals surface area contributed by atoms with Crippen LogP contribution in [0.3, 0.4) is 0 Å². The average molecular weight is 191 g/mol. The van der Waals surface area contributed by atoms with E-state index in [-0.39, 0.29) is 12.4 Å². The van der Waals surface area contributed by atoms with Crippen LogP contribution in [0.25, 0.3) is 10.4 Å². The Balaban J connectivity index is 0.00000121. The second-order valence-corrected chi connectivity index (χ2v) is 3.19. The zero-order chi connectivity index (χ0) is 8.10. The van der Waals surface area contributed by atoms with Crippen molar-refractivity contribution in [3.8, 4) is 0 Å². The summed E-state index contributed by atoms with van der Waals surface area (Å²) in [7, 11) is 0. The van der Waals surface area contributed by atoms with Crippen LogP contribution in [0.1, 0.15) is 25.7 Å². The molecule has 1 saturated carbocycles. The van der Waals surface area contributed by atoms with Crippen molar-refractivity contribution in [3.63, 3.8) is 0 Å². The summed E-state index contributed by atoms with van der Waals surface area (Å²) >= 11 is 0. The van der Waals surface area contributed by atoms with Gasteiger partial charge in [-0.1, -0.05) is 5.11 Å². The molecular formula is C7H15ClN4. The number of hydrogen-bond donors (Lipinski definition) is 1. The van der Waals surface area contributed by atoms with E-state index in [0.29, 0.717) is 18.5 Å². The quantitative estimate of drug-likeness (QED) is 0.405. The van der Waals surface area contributed by atoms with Crippen molar-refractivity contribution in [3.05, 3.63) is 10.4 Å². The summed E-state index contributed by atoms with van der Waals surface area (Å²) in [6, 6.07) is 0.386. The van der Waals surface area contributed by atoms with Gasteiger partial charge in [-0.3, -0.25) is 0 Å². The highest BCUT2D eigenvalue weighted by Crippen LogP contribution is 2.23. The first-order chi connectivity index (χ1) is 5.33. The highest BCUT2D eigenvalue weighted by molar-refractivity contribution is 5.85. The Morgan fingerprint density at radius 1 is 1.33 bits per heavy atom. The van der Waals surface area contributed by atoms with Gasteiger partial charge in [0.15, 0.2) is 0 Å². The molecule has 0 spiro atoms. The minimum absolute atomic E-state index is 0. The first-order valence-electron chi connectivity index (χ1n) is 4.09. The second-order valence-electron chi connectivity index (χ2n) is 3.19. The fraction of sp³-hybridized carbons (Fsp3) is 1.00. The molecule has 70 valence electrons. The molecule has 4 nitrogen and oxygen atoms in total. The largest absolute Gasteiger partial charge is 0.328 e. The Labute approximate surface area is 78.5 Å². The molecule has 1 aliphatic rings. The number of nitrogens with zero attached hydrogens (tertiary/aromatic N) is 3. The van der Waals surface area contributed by atoms with Gasteiger partial charge in [-0.15, -0.1) is 12.4 Å². The molecule has 0 aromatic rings. The average Bonchev–Trinajstić information content (AvgIpc) is 2.04. The minimum Gasteiger partial charge on any atom is -0.328 e. The molecule has 0 unspecified atom stereocenters. The maximum Gasteiger partial charge on any atom is 0.0286 e. The van der Waals surface area contributed by atoms with Crippen molar-refractivity contribution < 1.29 is 0 Å². The molecule has 2 N–H and O–H groups in total. The monoisotopic (exact) mass is 190 g/mol. The van der Waals surface area contributed by atoms with E-state index < -0.39 is 0 Å². The topological polar surface area (TPSA) is 74.8 Å². The van der Waals surface area contributed by atoms with Crippen molar-refractivity contribution in [1.29, 1.82) is 0 Å². The van der Waals surface area contributed by atoms with Crippen LogP contribution < -0.4 is 5.73 Å². The number of rotatable bonds is 2. The van der Waals surface area contributed by atoms with Gasteiger partial charge in [-0.05, 0) is 37.1 Å². The molecule has 0 aromatic carbocycles. The van der Waals surface area contributed by atoms with Crippen LogP contribution in [0.15, 0.2) is 5.11 Å². The Morgan fingerprint density at radius 2 is 1.92 bits per heavy atom. The van der Waals surface area contributed by atoms with Crippen LogP contribution in [0, 0.1) is 5.92 Å². The minimum atomic E-state index is 0. The molecule has 0 aromatic heterocycles. The molecule has 0 radical (unpaired) electrons. The van der Waals surface area contributed by atoms with Crippen molar-refractivity contribution in [2.45, 2.75) is 31.7 Å². The molecule has 12 heavy (non-hydrogen) atoms. The maximum absolute atomic E-state index is 8.08. The Bertz CT molecular complexity index is 159. The first-order valence-corrected chi connectivity index (χ1v) is 4.09. The number of halogens is 1. The van der Waals surface area contributed by atoms with Crippen LogP contribution in [-0.4, -0.2) is 12.6 Å². The van der Waals surface area contributed by atoms with E-state index in [4.69, 9.17) is 11.3 Å². The van der Waals surface area contributed by atoms with Gasteiger partial charge in [0.2, 0.25) is 0 Å². The van der Waals surface area contributed by atoms with E-state index in [1.54, 1.807) is 0 Å². The molecule has 1 rings (SSSR count). The van der Waals surface area contributed by atoms with Gasteiger partial charge in [0.25, 0.3) is 0 Å².